The van der Waals surface area contributed by atoms with Crippen molar-refractivity contribution < 1.29 is 4.57 Å². The van der Waals surface area contributed by atoms with E-state index in [9.17, 15) is 0 Å². The van der Waals surface area contributed by atoms with Gasteiger partial charge in [-0.25, -0.2) is 9.13 Å². The second-order valence-electron chi connectivity index (χ2n) is 10.9. The second kappa shape index (κ2) is 23.9. The van der Waals surface area contributed by atoms with Gasteiger partial charge in [-0.3, -0.25) is 0 Å². The van der Waals surface area contributed by atoms with E-state index in [4.69, 9.17) is 0 Å². The van der Waals surface area contributed by atoms with Gasteiger partial charge in [-0.2, -0.15) is 0 Å². The highest BCUT2D eigenvalue weighted by Crippen LogP contribution is 2.13. The first-order valence-electron chi connectivity index (χ1n) is 15.9. The summed E-state index contributed by atoms with van der Waals surface area (Å²) in [7, 11) is 0. The average Bonchev–Trinajstić information content (AvgIpc) is 3.23. The van der Waals surface area contributed by atoms with Crippen molar-refractivity contribution in [3.05, 3.63) is 18.2 Å². The van der Waals surface area contributed by atoms with Crippen LogP contribution in [-0.2, 0) is 19.5 Å². The molecule has 0 aliphatic heterocycles. The predicted octanol–water partition coefficient (Wildman–Crippen LogP) is 10.4. The molecule has 1 heterocycles. The lowest BCUT2D eigenvalue weighted by molar-refractivity contribution is -0.704. The normalized spacial score (nSPS) is 11.5. The fraction of sp³-hybridized carbons (Fsp3) is 0.906. The van der Waals surface area contributed by atoms with Gasteiger partial charge in [0.05, 0.1) is 13.1 Å². The first kappa shape index (κ1) is 31.2. The summed E-state index contributed by atoms with van der Waals surface area (Å²) in [6.45, 7) is 9.38. The highest BCUT2D eigenvalue weighted by molar-refractivity contribution is 4.84. The molecule has 0 saturated heterocycles. The Hall–Kier alpha value is -0.790. The largest absolute Gasteiger partial charge is 0.256 e. The lowest BCUT2D eigenvalue weighted by Gasteiger charge is -2.06. The van der Waals surface area contributed by atoms with Crippen molar-refractivity contribution in [2.45, 2.75) is 188 Å². The minimum atomic E-state index is 1.23. The summed E-state index contributed by atoms with van der Waals surface area (Å²) in [6.07, 6.45) is 38.5. The zero-order valence-corrected chi connectivity index (χ0v) is 23.9. The van der Waals surface area contributed by atoms with E-state index in [1.54, 1.807) is 5.82 Å². The molecule has 34 heavy (non-hydrogen) atoms. The van der Waals surface area contributed by atoms with E-state index < -0.39 is 0 Å². The van der Waals surface area contributed by atoms with E-state index in [0.717, 1.165) is 0 Å². The van der Waals surface area contributed by atoms with Crippen LogP contribution in [0.25, 0.3) is 0 Å². The van der Waals surface area contributed by atoms with Gasteiger partial charge in [0.2, 0.25) is 0 Å². The first-order chi connectivity index (χ1) is 16.8. The third-order valence-corrected chi connectivity index (χ3v) is 7.60. The summed E-state index contributed by atoms with van der Waals surface area (Å²) >= 11 is 0. The molecule has 0 saturated carbocycles. The molecule has 0 radical (unpaired) electrons. The van der Waals surface area contributed by atoms with E-state index in [1.165, 1.54) is 167 Å². The minimum Gasteiger partial charge on any atom is -0.234 e. The van der Waals surface area contributed by atoms with E-state index in [2.05, 4.69) is 42.3 Å². The van der Waals surface area contributed by atoms with Crippen molar-refractivity contribution in [1.29, 1.82) is 0 Å². The van der Waals surface area contributed by atoms with Gasteiger partial charge in [0.15, 0.2) is 0 Å². The van der Waals surface area contributed by atoms with E-state index in [0.29, 0.717) is 0 Å². The Kier molecular flexibility index (Phi) is 22.0. The van der Waals surface area contributed by atoms with Gasteiger partial charge in [-0.1, -0.05) is 136 Å². The fourth-order valence-electron chi connectivity index (χ4n) is 5.26. The topological polar surface area (TPSA) is 8.81 Å². The van der Waals surface area contributed by atoms with Crippen molar-refractivity contribution in [2.24, 2.45) is 0 Å². The molecular formula is C32H63N2+. The smallest absolute Gasteiger partial charge is 0.234 e. The van der Waals surface area contributed by atoms with E-state index >= 15 is 0 Å². The van der Waals surface area contributed by atoms with Gasteiger partial charge in [0.25, 0.3) is 5.82 Å². The number of rotatable bonds is 26. The molecule has 0 bridgehead atoms. The molecule has 1 aromatic rings. The van der Waals surface area contributed by atoms with Crippen molar-refractivity contribution in [2.75, 3.05) is 0 Å². The van der Waals surface area contributed by atoms with E-state index in [-0.39, 0.29) is 0 Å². The standard InChI is InChI=1S/C32H63N2/c1-4-7-10-12-14-16-18-20-22-25-28-33-30-31-34(32(33)27-24-9-6-3)29-26-23-21-19-17-15-13-11-8-5-2/h30-31H,4-29H2,1-3H3/q+1. The molecule has 0 amide bonds. The summed E-state index contributed by atoms with van der Waals surface area (Å²) in [5.74, 6) is 1.60. The molecular weight excluding hydrogens is 412 g/mol. The maximum Gasteiger partial charge on any atom is 0.256 e. The lowest BCUT2D eigenvalue weighted by Crippen LogP contribution is -2.37. The lowest BCUT2D eigenvalue weighted by atomic mass is 10.1. The molecule has 0 fully saturated rings. The maximum atomic E-state index is 2.59. The second-order valence-corrected chi connectivity index (χ2v) is 10.9. The number of hydrogen-bond donors (Lipinski definition) is 0. The summed E-state index contributed by atoms with van der Waals surface area (Å²) in [6, 6.07) is 0. The molecule has 200 valence electrons. The van der Waals surface area contributed by atoms with Gasteiger partial charge >= 0.3 is 0 Å². The summed E-state index contributed by atoms with van der Waals surface area (Å²) < 4.78 is 5.19. The Morgan fingerprint density at radius 1 is 0.500 bits per heavy atom. The molecule has 0 N–H and O–H groups in total. The van der Waals surface area contributed by atoms with Crippen molar-refractivity contribution >= 4 is 0 Å². The summed E-state index contributed by atoms with van der Waals surface area (Å²) in [4.78, 5) is 0. The summed E-state index contributed by atoms with van der Waals surface area (Å²) in [5.41, 5.74) is 0. The fourth-order valence-corrected chi connectivity index (χ4v) is 5.26. The predicted molar refractivity (Wildman–Crippen MR) is 152 cm³/mol. The zero-order valence-electron chi connectivity index (χ0n) is 23.9. The van der Waals surface area contributed by atoms with Crippen LogP contribution >= 0.6 is 0 Å². The van der Waals surface area contributed by atoms with Crippen molar-refractivity contribution in [3.8, 4) is 0 Å². The van der Waals surface area contributed by atoms with Gasteiger partial charge in [-0.05, 0) is 32.1 Å². The Morgan fingerprint density at radius 3 is 1.41 bits per heavy atom. The van der Waals surface area contributed by atoms with Gasteiger partial charge < -0.3 is 0 Å². The van der Waals surface area contributed by atoms with Crippen molar-refractivity contribution in [3.63, 3.8) is 0 Å². The van der Waals surface area contributed by atoms with Crippen LogP contribution in [0.3, 0.4) is 0 Å². The third-order valence-electron chi connectivity index (χ3n) is 7.60. The van der Waals surface area contributed by atoms with Crippen LogP contribution in [0.4, 0.5) is 0 Å². The van der Waals surface area contributed by atoms with Crippen LogP contribution in [0.2, 0.25) is 0 Å². The molecule has 1 aromatic heterocycles. The van der Waals surface area contributed by atoms with Crippen LogP contribution in [0.5, 0.6) is 0 Å². The molecule has 2 heteroatoms. The number of aromatic nitrogens is 2. The van der Waals surface area contributed by atoms with Crippen LogP contribution in [0.1, 0.15) is 174 Å². The van der Waals surface area contributed by atoms with Crippen LogP contribution < -0.4 is 4.57 Å². The van der Waals surface area contributed by atoms with Gasteiger partial charge in [-0.15, -0.1) is 0 Å². The van der Waals surface area contributed by atoms with E-state index in [1.807, 2.05) is 0 Å². The number of nitrogens with zero attached hydrogens (tertiary/aromatic N) is 2. The highest BCUT2D eigenvalue weighted by atomic mass is 15.1. The zero-order chi connectivity index (χ0) is 24.5. The number of aryl methyl sites for hydroxylation is 2. The van der Waals surface area contributed by atoms with Crippen LogP contribution in [0.15, 0.2) is 12.4 Å². The van der Waals surface area contributed by atoms with Crippen molar-refractivity contribution in [1.82, 2.24) is 4.57 Å². The van der Waals surface area contributed by atoms with Gasteiger partial charge in [0.1, 0.15) is 12.4 Å². The number of unbranched alkanes of at least 4 members (excludes halogenated alkanes) is 20. The molecule has 0 spiro atoms. The first-order valence-corrected chi connectivity index (χ1v) is 15.9. The molecule has 2 nitrogen and oxygen atoms in total. The monoisotopic (exact) mass is 475 g/mol. The Bertz CT molecular complexity index is 492. The Labute approximate surface area is 215 Å². The summed E-state index contributed by atoms with van der Waals surface area (Å²) in [5, 5.41) is 0. The maximum absolute atomic E-state index is 2.59. The average molecular weight is 476 g/mol. The molecule has 0 atom stereocenters. The quantitative estimate of drug-likeness (QED) is 0.0930. The third kappa shape index (κ3) is 16.8. The highest BCUT2D eigenvalue weighted by Gasteiger charge is 2.16. The Morgan fingerprint density at radius 2 is 0.912 bits per heavy atom. The van der Waals surface area contributed by atoms with Gasteiger partial charge in [0, 0.05) is 6.42 Å². The molecule has 1 rings (SSSR count). The molecule has 0 aliphatic rings. The Balaban J connectivity index is 2.23. The minimum absolute atomic E-state index is 1.23. The number of imidazole rings is 1. The molecule has 0 aromatic carbocycles. The molecule has 0 unspecified atom stereocenters. The SMILES string of the molecule is CCCCCCCCCCCCn1cc[n+](CCCCCCCCCCCC)c1CCCCC. The van der Waals surface area contributed by atoms with Crippen LogP contribution in [0, 0.1) is 0 Å². The van der Waals surface area contributed by atoms with Crippen LogP contribution in [-0.4, -0.2) is 4.57 Å². The molecule has 0 aliphatic carbocycles. The number of hydrogen-bond acceptors (Lipinski definition) is 0.